The van der Waals surface area contributed by atoms with Crippen molar-refractivity contribution in [1.82, 2.24) is 0 Å². The highest BCUT2D eigenvalue weighted by molar-refractivity contribution is 6.24. The topological polar surface area (TPSA) is 0 Å². The van der Waals surface area contributed by atoms with Crippen LogP contribution in [-0.2, 0) is 0 Å². The van der Waals surface area contributed by atoms with Crippen LogP contribution in [0, 0.1) is 0 Å². The number of hydrogen-bond donors (Lipinski definition) is 0. The Kier molecular flexibility index (Phi) is 9.62. The van der Waals surface area contributed by atoms with Crippen LogP contribution >= 0.6 is 0 Å². The van der Waals surface area contributed by atoms with Gasteiger partial charge in [0.2, 0.25) is 0 Å². The molecule has 0 aliphatic carbocycles. The van der Waals surface area contributed by atoms with E-state index in [9.17, 15) is 0 Å². The highest BCUT2D eigenvalue weighted by Crippen LogP contribution is 2.47. The highest BCUT2D eigenvalue weighted by atomic mass is 14.2. The van der Waals surface area contributed by atoms with E-state index in [0.29, 0.717) is 0 Å². The Balaban J connectivity index is 0.992. The van der Waals surface area contributed by atoms with E-state index in [-0.39, 0.29) is 0 Å². The summed E-state index contributed by atoms with van der Waals surface area (Å²) in [7, 11) is 0. The van der Waals surface area contributed by atoms with Crippen LogP contribution in [-0.4, -0.2) is 0 Å². The molecule has 0 amide bonds. The van der Waals surface area contributed by atoms with Crippen LogP contribution < -0.4 is 0 Å². The van der Waals surface area contributed by atoms with Gasteiger partial charge in [-0.2, -0.15) is 0 Å². The lowest BCUT2D eigenvalue weighted by Crippen LogP contribution is -1.93. The molecule has 13 aromatic rings. The fourth-order valence-corrected chi connectivity index (χ4v) is 10.8. The molecule has 0 saturated carbocycles. The maximum atomic E-state index is 2.45. The lowest BCUT2D eigenvalue weighted by molar-refractivity contribution is 1.62. The van der Waals surface area contributed by atoms with E-state index in [4.69, 9.17) is 0 Å². The zero-order valence-electron chi connectivity index (χ0n) is 37.4. The maximum Gasteiger partial charge on any atom is -0.00259 e. The van der Waals surface area contributed by atoms with Crippen LogP contribution in [0.1, 0.15) is 11.1 Å². The molecule has 0 bridgehead atoms. The van der Waals surface area contributed by atoms with E-state index < -0.39 is 0 Å². The summed E-state index contributed by atoms with van der Waals surface area (Å²) in [6, 6.07) is 94.0. The minimum atomic E-state index is 1.18. The van der Waals surface area contributed by atoms with Crippen LogP contribution in [0.3, 0.4) is 0 Å². The standard InChI is InChI=1S/C68H44/c1-2-15-45(16-3-1)29-30-46-31-33-49(34-32-46)65-57-23-8-10-25-59(57)66(60-26-11-9-24-58(60)65)54-22-14-21-52(43-54)53-39-40-63-64(44-53)68(56-38-36-48-18-5-7-20-51(48)42-56)62-28-13-12-27-61(62)67(63)55-37-35-47-17-4-6-19-50(47)41-55/h1-44H/b30-29+. The first-order valence-electron chi connectivity index (χ1n) is 23.6. The van der Waals surface area contributed by atoms with Gasteiger partial charge in [-0.25, -0.2) is 0 Å². The molecule has 0 aliphatic rings. The van der Waals surface area contributed by atoms with E-state index in [2.05, 4.69) is 267 Å². The molecule has 0 N–H and O–H groups in total. The summed E-state index contributed by atoms with van der Waals surface area (Å²) in [4.78, 5) is 0. The molecule has 68 heavy (non-hydrogen) atoms. The molecule has 0 aliphatic heterocycles. The van der Waals surface area contributed by atoms with Crippen molar-refractivity contribution in [3.05, 3.63) is 266 Å². The minimum Gasteiger partial charge on any atom is -0.0622 e. The van der Waals surface area contributed by atoms with Crippen molar-refractivity contribution in [1.29, 1.82) is 0 Å². The molecule has 13 aromatic carbocycles. The zero-order valence-corrected chi connectivity index (χ0v) is 37.4. The Morgan fingerprint density at radius 1 is 0.176 bits per heavy atom. The van der Waals surface area contributed by atoms with Gasteiger partial charge < -0.3 is 0 Å². The van der Waals surface area contributed by atoms with Gasteiger partial charge in [-0.1, -0.05) is 243 Å². The van der Waals surface area contributed by atoms with Gasteiger partial charge in [-0.05, 0) is 156 Å². The average Bonchev–Trinajstić information content (AvgIpc) is 3.41. The summed E-state index contributed by atoms with van der Waals surface area (Å²) in [5, 5.41) is 15.0. The Bertz CT molecular complexity index is 4060. The third-order valence-electron chi connectivity index (χ3n) is 14.0. The molecular formula is C68H44. The first-order chi connectivity index (χ1) is 33.7. The Morgan fingerprint density at radius 3 is 1.06 bits per heavy atom. The van der Waals surface area contributed by atoms with Crippen molar-refractivity contribution < 1.29 is 0 Å². The van der Waals surface area contributed by atoms with E-state index in [1.54, 1.807) is 0 Å². The maximum absolute atomic E-state index is 2.45. The Morgan fingerprint density at radius 2 is 0.529 bits per heavy atom. The molecular weight excluding hydrogens is 817 g/mol. The van der Waals surface area contributed by atoms with Crippen LogP contribution in [0.4, 0.5) is 0 Å². The zero-order chi connectivity index (χ0) is 45.0. The smallest absolute Gasteiger partial charge is 0.00259 e. The fraction of sp³-hybridized carbons (Fsp3) is 0. The molecule has 0 spiro atoms. The molecule has 0 unspecified atom stereocenters. The first-order valence-corrected chi connectivity index (χ1v) is 23.6. The summed E-state index contributed by atoms with van der Waals surface area (Å²) < 4.78 is 0. The van der Waals surface area contributed by atoms with Crippen LogP contribution in [0.2, 0.25) is 0 Å². The summed E-state index contributed by atoms with van der Waals surface area (Å²) in [6.45, 7) is 0. The quantitative estimate of drug-likeness (QED) is 0.111. The predicted octanol–water partition coefficient (Wildman–Crippen LogP) is 19.1. The van der Waals surface area contributed by atoms with Gasteiger partial charge in [0.05, 0.1) is 0 Å². The van der Waals surface area contributed by atoms with Crippen molar-refractivity contribution >= 4 is 76.8 Å². The Labute approximate surface area is 396 Å². The molecule has 0 atom stereocenters. The average molecular weight is 861 g/mol. The second kappa shape index (κ2) is 16.5. The summed E-state index contributed by atoms with van der Waals surface area (Å²) in [6.07, 6.45) is 4.37. The monoisotopic (exact) mass is 860 g/mol. The predicted molar refractivity (Wildman–Crippen MR) is 294 cm³/mol. The van der Waals surface area contributed by atoms with E-state index >= 15 is 0 Å². The number of rotatable bonds is 7. The molecule has 0 fully saturated rings. The van der Waals surface area contributed by atoms with E-state index in [1.807, 2.05) is 0 Å². The molecule has 0 saturated heterocycles. The number of fused-ring (bicyclic) bond motifs is 6. The SMILES string of the molecule is C(=C\c1ccc(-c2c3ccccc3c(-c3cccc(-c4ccc5c(-c6ccc7ccccc7c6)c6ccccc6c(-c6ccc7ccccc7c6)c5c4)c3)c3ccccc23)cc1)/c1ccccc1. The molecule has 0 heterocycles. The minimum absolute atomic E-state index is 1.18. The van der Waals surface area contributed by atoms with Crippen LogP contribution in [0.5, 0.6) is 0 Å². The van der Waals surface area contributed by atoms with Crippen molar-refractivity contribution in [3.63, 3.8) is 0 Å². The third kappa shape index (κ3) is 6.86. The van der Waals surface area contributed by atoms with Crippen LogP contribution in [0.15, 0.2) is 255 Å². The van der Waals surface area contributed by atoms with Crippen molar-refractivity contribution in [3.8, 4) is 55.6 Å². The summed E-state index contributed by atoms with van der Waals surface area (Å²) in [5.74, 6) is 0. The molecule has 316 valence electrons. The van der Waals surface area contributed by atoms with Crippen molar-refractivity contribution in [2.75, 3.05) is 0 Å². The largest absolute Gasteiger partial charge is 0.0622 e. The Hall–Kier alpha value is -8.84. The molecule has 0 radical (unpaired) electrons. The third-order valence-corrected chi connectivity index (χ3v) is 14.0. The van der Waals surface area contributed by atoms with Gasteiger partial charge in [0.1, 0.15) is 0 Å². The van der Waals surface area contributed by atoms with Gasteiger partial charge >= 0.3 is 0 Å². The molecule has 0 nitrogen and oxygen atoms in total. The van der Waals surface area contributed by atoms with E-state index in [1.165, 1.54) is 131 Å². The number of hydrogen-bond acceptors (Lipinski definition) is 0. The van der Waals surface area contributed by atoms with Crippen LogP contribution in [0.25, 0.3) is 132 Å². The normalized spacial score (nSPS) is 11.8. The summed E-state index contributed by atoms with van der Waals surface area (Å²) >= 11 is 0. The van der Waals surface area contributed by atoms with Gasteiger partial charge in [0.15, 0.2) is 0 Å². The van der Waals surface area contributed by atoms with E-state index in [0.717, 1.165) is 0 Å². The van der Waals surface area contributed by atoms with Crippen molar-refractivity contribution in [2.45, 2.75) is 0 Å². The second-order valence-corrected chi connectivity index (χ2v) is 18.0. The van der Waals surface area contributed by atoms with Gasteiger partial charge in [0.25, 0.3) is 0 Å². The van der Waals surface area contributed by atoms with Gasteiger partial charge in [-0.15, -0.1) is 0 Å². The first kappa shape index (κ1) is 39.5. The molecule has 13 rings (SSSR count). The van der Waals surface area contributed by atoms with Gasteiger partial charge in [-0.3, -0.25) is 0 Å². The lowest BCUT2D eigenvalue weighted by atomic mass is 9.83. The fourth-order valence-electron chi connectivity index (χ4n) is 10.8. The molecule has 0 heteroatoms. The molecule has 0 aromatic heterocycles. The number of benzene rings is 13. The van der Waals surface area contributed by atoms with Crippen molar-refractivity contribution in [2.24, 2.45) is 0 Å². The second-order valence-electron chi connectivity index (χ2n) is 18.0. The highest BCUT2D eigenvalue weighted by Gasteiger charge is 2.20. The van der Waals surface area contributed by atoms with Gasteiger partial charge in [0, 0.05) is 0 Å². The lowest BCUT2D eigenvalue weighted by Gasteiger charge is -2.20. The summed E-state index contributed by atoms with van der Waals surface area (Å²) in [5.41, 5.74) is 14.6.